The van der Waals surface area contributed by atoms with Crippen molar-refractivity contribution in [3.63, 3.8) is 0 Å². The number of benzene rings is 2. The lowest BCUT2D eigenvalue weighted by Gasteiger charge is -2.18. The van der Waals surface area contributed by atoms with Gasteiger partial charge < -0.3 is 4.74 Å². The molecular formula is C25H30O4. The smallest absolute Gasteiger partial charge is 0.374 e. The largest absolute Gasteiger partial charge is 0.455 e. The van der Waals surface area contributed by atoms with E-state index >= 15 is 0 Å². The van der Waals surface area contributed by atoms with Crippen molar-refractivity contribution in [3.05, 3.63) is 71.3 Å². The topological polar surface area (TPSA) is 60.4 Å². The second-order valence-corrected chi connectivity index (χ2v) is 8.30. The molecule has 0 spiro atoms. The predicted molar refractivity (Wildman–Crippen MR) is 114 cm³/mol. The first kappa shape index (κ1) is 22.5. The monoisotopic (exact) mass is 394 g/mol. The van der Waals surface area contributed by atoms with Crippen LogP contribution in [0.5, 0.6) is 0 Å². The first-order valence-corrected chi connectivity index (χ1v) is 10.1. The molecule has 4 nitrogen and oxygen atoms in total. The fourth-order valence-corrected chi connectivity index (χ4v) is 2.95. The Kier molecular flexibility index (Phi) is 8.32. The Balaban J connectivity index is 1.64. The maximum absolute atomic E-state index is 12.3. The van der Waals surface area contributed by atoms with Crippen LogP contribution in [0.3, 0.4) is 0 Å². The quantitative estimate of drug-likeness (QED) is 0.233. The number of hydrogen-bond donors (Lipinski definition) is 0. The number of ether oxygens (including phenoxy) is 1. The third-order valence-electron chi connectivity index (χ3n) is 4.82. The molecule has 0 bridgehead atoms. The molecule has 0 saturated heterocycles. The Morgan fingerprint density at radius 1 is 0.793 bits per heavy atom. The van der Waals surface area contributed by atoms with Gasteiger partial charge in [0.1, 0.15) is 6.61 Å². The molecule has 2 rings (SSSR count). The summed E-state index contributed by atoms with van der Waals surface area (Å²) < 4.78 is 5.03. The van der Waals surface area contributed by atoms with Gasteiger partial charge in [0.05, 0.1) is 0 Å². The van der Waals surface area contributed by atoms with E-state index in [-0.39, 0.29) is 24.2 Å². The number of ketones is 2. The van der Waals surface area contributed by atoms with Gasteiger partial charge in [-0.15, -0.1) is 0 Å². The fourth-order valence-electron chi connectivity index (χ4n) is 2.95. The number of carbonyl (C=O) groups is 3. The molecule has 29 heavy (non-hydrogen) atoms. The maximum Gasteiger partial charge on any atom is 0.374 e. The van der Waals surface area contributed by atoms with Crippen LogP contribution in [0.4, 0.5) is 0 Å². The summed E-state index contributed by atoms with van der Waals surface area (Å²) in [5, 5.41) is 0. The van der Waals surface area contributed by atoms with Crippen LogP contribution in [0.15, 0.2) is 54.6 Å². The molecule has 4 heteroatoms. The van der Waals surface area contributed by atoms with Crippen LogP contribution < -0.4 is 0 Å². The number of carbonyl (C=O) groups excluding carboxylic acids is 3. The van der Waals surface area contributed by atoms with Crippen molar-refractivity contribution in [2.45, 2.75) is 64.9 Å². The summed E-state index contributed by atoms with van der Waals surface area (Å²) in [6, 6.07) is 17.0. The lowest BCUT2D eigenvalue weighted by atomic mass is 9.86. The average Bonchev–Trinajstić information content (AvgIpc) is 2.71. The lowest BCUT2D eigenvalue weighted by molar-refractivity contribution is -0.154. The Hall–Kier alpha value is -2.75. The molecule has 0 unspecified atom stereocenters. The Morgan fingerprint density at radius 2 is 1.41 bits per heavy atom. The standard InChI is InChI=1S/C25H30O4/c1-25(2,3)21-16-14-20(15-17-21)22(26)12-8-5-9-13-23(27)24(28)29-18-19-10-6-4-7-11-19/h4,6-7,10-11,14-17H,5,8-9,12-13,18H2,1-3H3. The van der Waals surface area contributed by atoms with Crippen LogP contribution in [0.25, 0.3) is 0 Å². The van der Waals surface area contributed by atoms with Gasteiger partial charge in [-0.1, -0.05) is 81.8 Å². The second kappa shape index (κ2) is 10.7. The summed E-state index contributed by atoms with van der Waals surface area (Å²) in [6.45, 7) is 6.53. The minimum Gasteiger partial charge on any atom is -0.455 e. The maximum atomic E-state index is 12.3. The number of esters is 1. The molecule has 2 aromatic rings. The summed E-state index contributed by atoms with van der Waals surface area (Å²) in [5.41, 5.74) is 2.84. The summed E-state index contributed by atoms with van der Waals surface area (Å²) in [7, 11) is 0. The molecule has 0 amide bonds. The highest BCUT2D eigenvalue weighted by atomic mass is 16.5. The zero-order chi connectivity index (χ0) is 21.3. The summed E-state index contributed by atoms with van der Waals surface area (Å²) >= 11 is 0. The van der Waals surface area contributed by atoms with Crippen molar-refractivity contribution >= 4 is 17.5 Å². The van der Waals surface area contributed by atoms with Gasteiger partial charge in [0.15, 0.2) is 5.78 Å². The highest BCUT2D eigenvalue weighted by Gasteiger charge is 2.16. The zero-order valence-corrected chi connectivity index (χ0v) is 17.6. The Morgan fingerprint density at radius 3 is 2.03 bits per heavy atom. The van der Waals surface area contributed by atoms with Gasteiger partial charge in [-0.25, -0.2) is 4.79 Å². The van der Waals surface area contributed by atoms with Crippen molar-refractivity contribution < 1.29 is 19.1 Å². The van der Waals surface area contributed by atoms with E-state index in [1.165, 1.54) is 5.56 Å². The molecule has 2 aromatic carbocycles. The Labute approximate surface area is 173 Å². The molecule has 0 radical (unpaired) electrons. The van der Waals surface area contributed by atoms with Gasteiger partial charge in [0.25, 0.3) is 0 Å². The van der Waals surface area contributed by atoms with E-state index in [0.29, 0.717) is 19.3 Å². The molecule has 0 heterocycles. The fraction of sp³-hybridized carbons (Fsp3) is 0.400. The van der Waals surface area contributed by atoms with E-state index in [1.54, 1.807) is 0 Å². The van der Waals surface area contributed by atoms with Gasteiger partial charge in [-0.3, -0.25) is 9.59 Å². The van der Waals surface area contributed by atoms with Gasteiger partial charge in [-0.2, -0.15) is 0 Å². The van der Waals surface area contributed by atoms with Gasteiger partial charge in [0.2, 0.25) is 5.78 Å². The van der Waals surface area contributed by atoms with Crippen molar-refractivity contribution in [2.75, 3.05) is 0 Å². The molecule has 0 N–H and O–H groups in total. The van der Waals surface area contributed by atoms with Crippen LogP contribution in [-0.4, -0.2) is 17.5 Å². The van der Waals surface area contributed by atoms with Crippen molar-refractivity contribution in [3.8, 4) is 0 Å². The van der Waals surface area contributed by atoms with E-state index in [0.717, 1.165) is 17.5 Å². The predicted octanol–water partition coefficient (Wildman–Crippen LogP) is 5.43. The summed E-state index contributed by atoms with van der Waals surface area (Å²) in [5.74, 6) is -1.19. The van der Waals surface area contributed by atoms with E-state index < -0.39 is 11.8 Å². The molecule has 0 aliphatic carbocycles. The van der Waals surface area contributed by atoms with Crippen molar-refractivity contribution in [2.24, 2.45) is 0 Å². The van der Waals surface area contributed by atoms with Gasteiger partial charge in [0, 0.05) is 18.4 Å². The average molecular weight is 395 g/mol. The molecule has 0 aliphatic heterocycles. The lowest BCUT2D eigenvalue weighted by Crippen LogP contribution is -2.17. The molecule has 0 fully saturated rings. The van der Waals surface area contributed by atoms with E-state index in [4.69, 9.17) is 4.74 Å². The molecular weight excluding hydrogens is 364 g/mol. The first-order chi connectivity index (χ1) is 13.8. The zero-order valence-electron chi connectivity index (χ0n) is 17.6. The minimum atomic E-state index is -0.788. The van der Waals surface area contributed by atoms with Crippen molar-refractivity contribution in [1.82, 2.24) is 0 Å². The van der Waals surface area contributed by atoms with Gasteiger partial charge in [-0.05, 0) is 29.4 Å². The number of hydrogen-bond acceptors (Lipinski definition) is 4. The molecule has 0 atom stereocenters. The highest BCUT2D eigenvalue weighted by Crippen LogP contribution is 2.22. The number of rotatable bonds is 10. The number of Topliss-reactive ketones (excluding diaryl/α,β-unsaturated/α-hetero) is 2. The number of unbranched alkanes of at least 4 members (excludes halogenated alkanes) is 2. The van der Waals surface area contributed by atoms with E-state index in [9.17, 15) is 14.4 Å². The summed E-state index contributed by atoms with van der Waals surface area (Å²) in [6.07, 6.45) is 2.61. The van der Waals surface area contributed by atoms with Gasteiger partial charge >= 0.3 is 5.97 Å². The van der Waals surface area contributed by atoms with Crippen LogP contribution >= 0.6 is 0 Å². The van der Waals surface area contributed by atoms with Crippen molar-refractivity contribution in [1.29, 1.82) is 0 Å². The molecule has 0 saturated carbocycles. The molecule has 0 aliphatic rings. The SMILES string of the molecule is CC(C)(C)c1ccc(C(=O)CCCCCC(=O)C(=O)OCc2ccccc2)cc1. The van der Waals surface area contributed by atoms with E-state index in [2.05, 4.69) is 20.8 Å². The summed E-state index contributed by atoms with van der Waals surface area (Å²) in [4.78, 5) is 35.9. The Bertz CT molecular complexity index is 814. The minimum absolute atomic E-state index is 0.0658. The molecule has 154 valence electrons. The third-order valence-corrected chi connectivity index (χ3v) is 4.82. The third kappa shape index (κ3) is 7.65. The van der Waals surface area contributed by atoms with Crippen LogP contribution in [-0.2, 0) is 26.3 Å². The van der Waals surface area contributed by atoms with Crippen LogP contribution in [0, 0.1) is 0 Å². The normalized spacial score (nSPS) is 11.1. The highest BCUT2D eigenvalue weighted by molar-refractivity contribution is 6.33. The second-order valence-electron chi connectivity index (χ2n) is 8.30. The van der Waals surface area contributed by atoms with E-state index in [1.807, 2.05) is 54.6 Å². The van der Waals surface area contributed by atoms with Crippen LogP contribution in [0.1, 0.15) is 74.4 Å². The van der Waals surface area contributed by atoms with Crippen LogP contribution in [0.2, 0.25) is 0 Å². The first-order valence-electron chi connectivity index (χ1n) is 10.1. The molecule has 0 aromatic heterocycles.